The SMILES string of the molecule is O=C(O)c1ccc2c(c1)CCCN2Cc1ccccc1Cl. The van der Waals surface area contributed by atoms with Crippen LogP contribution in [0.25, 0.3) is 0 Å². The molecule has 3 nitrogen and oxygen atoms in total. The molecule has 21 heavy (non-hydrogen) atoms. The lowest BCUT2D eigenvalue weighted by Gasteiger charge is -2.31. The molecule has 0 aromatic heterocycles. The molecule has 0 aliphatic carbocycles. The number of hydrogen-bond donors (Lipinski definition) is 1. The van der Waals surface area contributed by atoms with Crippen LogP contribution in [0.15, 0.2) is 42.5 Å². The van der Waals surface area contributed by atoms with Crippen LogP contribution in [0.4, 0.5) is 5.69 Å². The molecule has 1 N–H and O–H groups in total. The smallest absolute Gasteiger partial charge is 0.335 e. The van der Waals surface area contributed by atoms with Crippen molar-refractivity contribution in [2.24, 2.45) is 0 Å². The van der Waals surface area contributed by atoms with Crippen molar-refractivity contribution >= 4 is 23.3 Å². The minimum absolute atomic E-state index is 0.355. The molecule has 108 valence electrons. The number of hydrogen-bond acceptors (Lipinski definition) is 2. The van der Waals surface area contributed by atoms with E-state index < -0.39 is 5.97 Å². The van der Waals surface area contributed by atoms with Gasteiger partial charge in [-0.15, -0.1) is 0 Å². The van der Waals surface area contributed by atoms with E-state index in [0.717, 1.165) is 47.8 Å². The molecule has 0 saturated heterocycles. The number of nitrogens with zero attached hydrogens (tertiary/aromatic N) is 1. The number of carbonyl (C=O) groups is 1. The highest BCUT2D eigenvalue weighted by molar-refractivity contribution is 6.31. The number of aromatic carboxylic acids is 1. The molecule has 1 aliphatic rings. The maximum Gasteiger partial charge on any atom is 0.335 e. The molecule has 2 aromatic carbocycles. The quantitative estimate of drug-likeness (QED) is 0.932. The number of rotatable bonds is 3. The van der Waals surface area contributed by atoms with Crippen LogP contribution < -0.4 is 4.90 Å². The Labute approximate surface area is 128 Å². The molecule has 0 unspecified atom stereocenters. The van der Waals surface area contributed by atoms with Crippen LogP contribution in [0.5, 0.6) is 0 Å². The average molecular weight is 302 g/mol. The van der Waals surface area contributed by atoms with E-state index in [4.69, 9.17) is 16.7 Å². The number of fused-ring (bicyclic) bond motifs is 1. The van der Waals surface area contributed by atoms with Crippen LogP contribution in [-0.4, -0.2) is 17.6 Å². The zero-order chi connectivity index (χ0) is 14.8. The Morgan fingerprint density at radius 3 is 2.81 bits per heavy atom. The fraction of sp³-hybridized carbons (Fsp3) is 0.235. The first-order valence-corrected chi connectivity index (χ1v) is 7.37. The van der Waals surface area contributed by atoms with Gasteiger partial charge in [0.05, 0.1) is 5.56 Å². The van der Waals surface area contributed by atoms with Crippen molar-refractivity contribution in [3.63, 3.8) is 0 Å². The van der Waals surface area contributed by atoms with Crippen LogP contribution in [0.1, 0.15) is 27.9 Å². The minimum atomic E-state index is -0.874. The molecule has 1 heterocycles. The highest BCUT2D eigenvalue weighted by Gasteiger charge is 2.19. The van der Waals surface area contributed by atoms with Gasteiger partial charge in [0, 0.05) is 23.8 Å². The summed E-state index contributed by atoms with van der Waals surface area (Å²) in [5.74, 6) is -0.874. The van der Waals surface area contributed by atoms with Crippen LogP contribution in [0.2, 0.25) is 5.02 Å². The largest absolute Gasteiger partial charge is 0.478 e. The molecule has 0 amide bonds. The predicted molar refractivity (Wildman–Crippen MR) is 84.2 cm³/mol. The fourth-order valence-corrected chi connectivity index (χ4v) is 3.00. The van der Waals surface area contributed by atoms with E-state index in [1.165, 1.54) is 0 Å². The molecule has 3 rings (SSSR count). The molecule has 0 atom stereocenters. The molecule has 0 bridgehead atoms. The second-order valence-corrected chi connectivity index (χ2v) is 5.67. The van der Waals surface area contributed by atoms with Gasteiger partial charge in [0.15, 0.2) is 0 Å². The monoisotopic (exact) mass is 301 g/mol. The average Bonchev–Trinajstić information content (AvgIpc) is 2.49. The number of anilines is 1. The van der Waals surface area contributed by atoms with Gasteiger partial charge in [0.25, 0.3) is 0 Å². The lowest BCUT2D eigenvalue weighted by molar-refractivity contribution is 0.0697. The Hall–Kier alpha value is -2.00. The summed E-state index contributed by atoms with van der Waals surface area (Å²) in [6, 6.07) is 13.2. The standard InChI is InChI=1S/C17H16ClNO2/c18-15-6-2-1-4-14(15)11-19-9-3-5-12-10-13(17(20)21)7-8-16(12)19/h1-2,4,6-8,10H,3,5,9,11H2,(H,20,21). The topological polar surface area (TPSA) is 40.5 Å². The highest BCUT2D eigenvalue weighted by Crippen LogP contribution is 2.30. The molecular weight excluding hydrogens is 286 g/mol. The van der Waals surface area contributed by atoms with Gasteiger partial charge in [0.1, 0.15) is 0 Å². The predicted octanol–water partition coefficient (Wildman–Crippen LogP) is 3.99. The minimum Gasteiger partial charge on any atom is -0.478 e. The number of benzene rings is 2. The van der Waals surface area contributed by atoms with E-state index >= 15 is 0 Å². The summed E-state index contributed by atoms with van der Waals surface area (Å²) in [7, 11) is 0. The summed E-state index contributed by atoms with van der Waals surface area (Å²) in [6.07, 6.45) is 1.95. The van der Waals surface area contributed by atoms with E-state index in [1.807, 2.05) is 30.3 Å². The number of carboxylic acids is 1. The van der Waals surface area contributed by atoms with Crippen molar-refractivity contribution in [2.45, 2.75) is 19.4 Å². The fourth-order valence-electron chi connectivity index (χ4n) is 2.80. The normalized spacial score (nSPS) is 13.9. The van der Waals surface area contributed by atoms with Crippen molar-refractivity contribution in [3.8, 4) is 0 Å². The van der Waals surface area contributed by atoms with Crippen molar-refractivity contribution in [1.29, 1.82) is 0 Å². The Morgan fingerprint density at radius 2 is 2.05 bits per heavy atom. The van der Waals surface area contributed by atoms with Gasteiger partial charge in [-0.3, -0.25) is 0 Å². The van der Waals surface area contributed by atoms with E-state index in [1.54, 1.807) is 12.1 Å². The Kier molecular flexibility index (Phi) is 3.84. The molecule has 0 fully saturated rings. The zero-order valence-corrected chi connectivity index (χ0v) is 12.3. The summed E-state index contributed by atoms with van der Waals surface area (Å²) < 4.78 is 0. The summed E-state index contributed by atoms with van der Waals surface area (Å²) in [5.41, 5.74) is 3.67. The lowest BCUT2D eigenvalue weighted by atomic mass is 9.98. The van der Waals surface area contributed by atoms with E-state index in [9.17, 15) is 4.79 Å². The van der Waals surface area contributed by atoms with Gasteiger partial charge >= 0.3 is 5.97 Å². The third-order valence-corrected chi connectivity index (χ3v) is 4.23. The van der Waals surface area contributed by atoms with E-state index in [2.05, 4.69) is 4.90 Å². The molecule has 2 aromatic rings. The molecule has 0 saturated carbocycles. The molecule has 4 heteroatoms. The first-order valence-electron chi connectivity index (χ1n) is 7.00. The number of carboxylic acid groups (broad SMARTS) is 1. The van der Waals surface area contributed by atoms with Crippen LogP contribution in [0, 0.1) is 0 Å². The van der Waals surface area contributed by atoms with Gasteiger partial charge < -0.3 is 10.0 Å². The molecule has 0 spiro atoms. The lowest BCUT2D eigenvalue weighted by Crippen LogP contribution is -2.29. The maximum atomic E-state index is 11.1. The van der Waals surface area contributed by atoms with Crippen LogP contribution in [0.3, 0.4) is 0 Å². The van der Waals surface area contributed by atoms with Crippen LogP contribution >= 0.6 is 11.6 Å². The van der Waals surface area contributed by atoms with Gasteiger partial charge in [-0.1, -0.05) is 29.8 Å². The van der Waals surface area contributed by atoms with Crippen molar-refractivity contribution < 1.29 is 9.90 Å². The Morgan fingerprint density at radius 1 is 1.24 bits per heavy atom. The first kappa shape index (κ1) is 14.0. The second kappa shape index (κ2) is 5.78. The third-order valence-electron chi connectivity index (χ3n) is 3.86. The summed E-state index contributed by atoms with van der Waals surface area (Å²) in [6.45, 7) is 1.71. The number of halogens is 1. The van der Waals surface area contributed by atoms with E-state index in [-0.39, 0.29) is 0 Å². The van der Waals surface area contributed by atoms with Crippen molar-refractivity contribution in [1.82, 2.24) is 0 Å². The number of aryl methyl sites for hydroxylation is 1. The zero-order valence-electron chi connectivity index (χ0n) is 11.6. The van der Waals surface area contributed by atoms with Gasteiger partial charge in [-0.2, -0.15) is 0 Å². The maximum absolute atomic E-state index is 11.1. The summed E-state index contributed by atoms with van der Waals surface area (Å²) in [4.78, 5) is 13.3. The Bertz CT molecular complexity index is 684. The summed E-state index contributed by atoms with van der Waals surface area (Å²) >= 11 is 6.23. The molecule has 1 aliphatic heterocycles. The second-order valence-electron chi connectivity index (χ2n) is 5.27. The third kappa shape index (κ3) is 2.88. The molecular formula is C17H16ClNO2. The van der Waals surface area contributed by atoms with Gasteiger partial charge in [-0.05, 0) is 48.2 Å². The van der Waals surface area contributed by atoms with Crippen molar-refractivity contribution in [2.75, 3.05) is 11.4 Å². The van der Waals surface area contributed by atoms with Gasteiger partial charge in [-0.25, -0.2) is 4.79 Å². The Balaban J connectivity index is 1.90. The molecule has 0 radical (unpaired) electrons. The van der Waals surface area contributed by atoms with Crippen LogP contribution in [-0.2, 0) is 13.0 Å². The van der Waals surface area contributed by atoms with Crippen molar-refractivity contribution in [3.05, 3.63) is 64.2 Å². The van der Waals surface area contributed by atoms with E-state index in [0.29, 0.717) is 5.56 Å². The first-order chi connectivity index (χ1) is 10.1. The summed E-state index contributed by atoms with van der Waals surface area (Å²) in [5, 5.41) is 9.86. The van der Waals surface area contributed by atoms with Gasteiger partial charge in [0.2, 0.25) is 0 Å². The highest BCUT2D eigenvalue weighted by atomic mass is 35.5.